The molecule has 2 aromatic carbocycles. The Balaban J connectivity index is 1.93. The Morgan fingerprint density at radius 1 is 0.727 bits per heavy atom. The lowest BCUT2D eigenvalue weighted by molar-refractivity contribution is 0.589. The number of benzene rings is 2. The molecule has 2 rings (SSSR count). The van der Waals surface area contributed by atoms with Crippen LogP contribution in [-0.4, -0.2) is 0 Å². The molecule has 0 saturated heterocycles. The third-order valence-corrected chi connectivity index (χ3v) is 4.30. The normalized spacial score (nSPS) is 10.8. The molecule has 0 radical (unpaired) electrons. The van der Waals surface area contributed by atoms with Gasteiger partial charge in [-0.2, -0.15) is 0 Å². The zero-order valence-electron chi connectivity index (χ0n) is 13.9. The summed E-state index contributed by atoms with van der Waals surface area (Å²) >= 11 is 0. The largest absolute Gasteiger partial charge is 0.398 e. The van der Waals surface area contributed by atoms with Crippen molar-refractivity contribution in [3.05, 3.63) is 54.1 Å². The Bertz CT molecular complexity index is 545. The second-order valence-corrected chi connectivity index (χ2v) is 6.12. The summed E-state index contributed by atoms with van der Waals surface area (Å²) in [4.78, 5) is 0. The van der Waals surface area contributed by atoms with E-state index in [2.05, 4.69) is 49.4 Å². The van der Waals surface area contributed by atoms with Crippen LogP contribution in [0.15, 0.2) is 48.5 Å². The fourth-order valence-corrected chi connectivity index (χ4v) is 3.06. The third kappa shape index (κ3) is 4.91. The van der Waals surface area contributed by atoms with Crippen LogP contribution in [-0.2, 0) is 6.42 Å². The lowest BCUT2D eigenvalue weighted by atomic mass is 9.94. The number of unbranched alkanes of at least 4 members (excludes halogenated alkanes) is 6. The molecule has 0 fully saturated rings. The first-order chi connectivity index (χ1) is 10.8. The van der Waals surface area contributed by atoms with Gasteiger partial charge in [-0.3, -0.25) is 0 Å². The first kappa shape index (κ1) is 16.6. The highest BCUT2D eigenvalue weighted by atomic mass is 14.6. The van der Waals surface area contributed by atoms with Crippen LogP contribution in [0, 0.1) is 0 Å². The van der Waals surface area contributed by atoms with E-state index in [0.29, 0.717) is 0 Å². The van der Waals surface area contributed by atoms with E-state index in [-0.39, 0.29) is 0 Å². The second kappa shape index (κ2) is 9.30. The molecule has 0 aliphatic carbocycles. The molecule has 0 saturated carbocycles. The van der Waals surface area contributed by atoms with E-state index in [1.807, 2.05) is 6.07 Å². The van der Waals surface area contributed by atoms with Crippen LogP contribution in [0.1, 0.15) is 57.4 Å². The molecule has 0 spiro atoms. The third-order valence-electron chi connectivity index (χ3n) is 4.30. The minimum atomic E-state index is 0.895. The molecule has 0 bridgehead atoms. The van der Waals surface area contributed by atoms with Gasteiger partial charge in [0.15, 0.2) is 0 Å². The first-order valence-electron chi connectivity index (χ1n) is 8.75. The van der Waals surface area contributed by atoms with Gasteiger partial charge in [0, 0.05) is 11.3 Å². The number of nitrogens with two attached hydrogens (primary N) is 1. The molecule has 1 heteroatoms. The van der Waals surface area contributed by atoms with E-state index in [9.17, 15) is 0 Å². The van der Waals surface area contributed by atoms with Crippen LogP contribution in [0.3, 0.4) is 0 Å². The van der Waals surface area contributed by atoms with Gasteiger partial charge in [-0.25, -0.2) is 0 Å². The standard InChI is InChI=1S/C21H29N/c1-2-3-4-5-6-7-9-13-19-16-12-17-20(22)21(19)18-14-10-8-11-15-18/h8,10-12,14-17H,2-7,9,13,22H2,1H3. The van der Waals surface area contributed by atoms with Crippen LogP contribution in [0.25, 0.3) is 11.1 Å². The Morgan fingerprint density at radius 2 is 1.41 bits per heavy atom. The molecule has 0 unspecified atom stereocenters. The molecule has 0 atom stereocenters. The van der Waals surface area contributed by atoms with Crippen molar-refractivity contribution in [2.24, 2.45) is 0 Å². The molecule has 0 aliphatic rings. The second-order valence-electron chi connectivity index (χ2n) is 6.12. The topological polar surface area (TPSA) is 26.0 Å². The molecule has 1 nitrogen and oxygen atoms in total. The molecule has 0 heterocycles. The van der Waals surface area contributed by atoms with Gasteiger partial charge < -0.3 is 5.73 Å². The Labute approximate surface area is 135 Å². The van der Waals surface area contributed by atoms with Gasteiger partial charge in [-0.05, 0) is 30.0 Å². The van der Waals surface area contributed by atoms with Crippen molar-refractivity contribution in [3.63, 3.8) is 0 Å². The minimum Gasteiger partial charge on any atom is -0.398 e. The fraction of sp³-hybridized carbons (Fsp3) is 0.429. The average molecular weight is 295 g/mol. The average Bonchev–Trinajstić information content (AvgIpc) is 2.55. The van der Waals surface area contributed by atoms with Crippen molar-refractivity contribution in [1.82, 2.24) is 0 Å². The summed E-state index contributed by atoms with van der Waals surface area (Å²) in [6, 6.07) is 16.8. The maximum atomic E-state index is 6.24. The number of anilines is 1. The smallest absolute Gasteiger partial charge is 0.0396 e. The number of rotatable bonds is 9. The first-order valence-corrected chi connectivity index (χ1v) is 8.75. The van der Waals surface area contributed by atoms with Gasteiger partial charge >= 0.3 is 0 Å². The van der Waals surface area contributed by atoms with Crippen LogP contribution >= 0.6 is 0 Å². The van der Waals surface area contributed by atoms with E-state index in [4.69, 9.17) is 5.73 Å². The van der Waals surface area contributed by atoms with Crippen LogP contribution in [0.4, 0.5) is 5.69 Å². The van der Waals surface area contributed by atoms with E-state index >= 15 is 0 Å². The number of nitrogen functional groups attached to an aromatic ring is 1. The highest BCUT2D eigenvalue weighted by molar-refractivity contribution is 5.79. The molecular weight excluding hydrogens is 266 g/mol. The van der Waals surface area contributed by atoms with Crippen LogP contribution in [0.2, 0.25) is 0 Å². The summed E-state index contributed by atoms with van der Waals surface area (Å²) < 4.78 is 0. The van der Waals surface area contributed by atoms with Gasteiger partial charge in [0.25, 0.3) is 0 Å². The number of aryl methyl sites for hydroxylation is 1. The summed E-state index contributed by atoms with van der Waals surface area (Å²) in [6.07, 6.45) is 10.6. The van der Waals surface area contributed by atoms with Crippen LogP contribution < -0.4 is 5.73 Å². The lowest BCUT2D eigenvalue weighted by Crippen LogP contribution is -1.96. The maximum absolute atomic E-state index is 6.24. The van der Waals surface area contributed by atoms with Crippen molar-refractivity contribution in [2.45, 2.75) is 58.3 Å². The molecule has 2 aromatic rings. The van der Waals surface area contributed by atoms with Gasteiger partial charge in [0.1, 0.15) is 0 Å². The van der Waals surface area contributed by atoms with Gasteiger partial charge in [-0.15, -0.1) is 0 Å². The summed E-state index contributed by atoms with van der Waals surface area (Å²) in [6.45, 7) is 2.27. The SMILES string of the molecule is CCCCCCCCCc1cccc(N)c1-c1ccccc1. The van der Waals surface area contributed by atoms with E-state index in [1.54, 1.807) is 0 Å². The highest BCUT2D eigenvalue weighted by Gasteiger charge is 2.08. The summed E-state index contributed by atoms with van der Waals surface area (Å²) in [5.41, 5.74) is 11.0. The van der Waals surface area contributed by atoms with E-state index < -0.39 is 0 Å². The lowest BCUT2D eigenvalue weighted by Gasteiger charge is -2.12. The van der Waals surface area contributed by atoms with Crippen molar-refractivity contribution < 1.29 is 0 Å². The van der Waals surface area contributed by atoms with Gasteiger partial charge in [0.05, 0.1) is 0 Å². The zero-order chi connectivity index (χ0) is 15.6. The predicted octanol–water partition coefficient (Wildman–Crippen LogP) is 6.23. The highest BCUT2D eigenvalue weighted by Crippen LogP contribution is 2.30. The van der Waals surface area contributed by atoms with Crippen molar-refractivity contribution >= 4 is 5.69 Å². The fourth-order valence-electron chi connectivity index (χ4n) is 3.06. The zero-order valence-corrected chi connectivity index (χ0v) is 13.9. The number of hydrogen-bond donors (Lipinski definition) is 1. The van der Waals surface area contributed by atoms with Crippen molar-refractivity contribution in [1.29, 1.82) is 0 Å². The van der Waals surface area contributed by atoms with Gasteiger partial charge in [0.2, 0.25) is 0 Å². The summed E-state index contributed by atoms with van der Waals surface area (Å²) in [7, 11) is 0. The monoisotopic (exact) mass is 295 g/mol. The predicted molar refractivity (Wildman–Crippen MR) is 98.0 cm³/mol. The quantitative estimate of drug-likeness (QED) is 0.431. The minimum absolute atomic E-state index is 0.895. The van der Waals surface area contributed by atoms with Crippen molar-refractivity contribution in [2.75, 3.05) is 5.73 Å². The van der Waals surface area contributed by atoms with Crippen LogP contribution in [0.5, 0.6) is 0 Å². The molecular formula is C21H29N. The van der Waals surface area contributed by atoms with E-state index in [1.165, 1.54) is 61.6 Å². The van der Waals surface area contributed by atoms with Gasteiger partial charge in [-0.1, -0.05) is 87.9 Å². The van der Waals surface area contributed by atoms with Crippen molar-refractivity contribution in [3.8, 4) is 11.1 Å². The summed E-state index contributed by atoms with van der Waals surface area (Å²) in [5.74, 6) is 0. The molecule has 118 valence electrons. The molecule has 0 aromatic heterocycles. The molecule has 0 aliphatic heterocycles. The molecule has 0 amide bonds. The van der Waals surface area contributed by atoms with E-state index in [0.717, 1.165) is 12.1 Å². The number of hydrogen-bond acceptors (Lipinski definition) is 1. The maximum Gasteiger partial charge on any atom is 0.0396 e. The Morgan fingerprint density at radius 3 is 2.14 bits per heavy atom. The summed E-state index contributed by atoms with van der Waals surface area (Å²) in [5, 5.41) is 0. The molecule has 2 N–H and O–H groups in total. The molecule has 22 heavy (non-hydrogen) atoms. The Kier molecular flexibility index (Phi) is 7.02. The Hall–Kier alpha value is -1.76.